The van der Waals surface area contributed by atoms with Gasteiger partial charge in [-0.3, -0.25) is 4.90 Å². The lowest BCUT2D eigenvalue weighted by molar-refractivity contribution is 0.263. The summed E-state index contributed by atoms with van der Waals surface area (Å²) in [7, 11) is -3.16. The molecule has 0 unspecified atom stereocenters. The van der Waals surface area contributed by atoms with E-state index in [1.54, 1.807) is 10.4 Å². The zero-order valence-electron chi connectivity index (χ0n) is 13.5. The van der Waals surface area contributed by atoms with Crippen LogP contribution in [0.2, 0.25) is 0 Å². The third-order valence-corrected chi connectivity index (χ3v) is 7.38. The Morgan fingerprint density at radius 1 is 1.26 bits per heavy atom. The van der Waals surface area contributed by atoms with E-state index < -0.39 is 10.0 Å². The molecule has 0 saturated carbocycles. The lowest BCUT2D eigenvalue weighted by Crippen LogP contribution is -2.38. The molecule has 0 aromatic heterocycles. The van der Waals surface area contributed by atoms with Gasteiger partial charge in [0, 0.05) is 32.2 Å². The van der Waals surface area contributed by atoms with Crippen molar-refractivity contribution in [2.45, 2.75) is 37.5 Å². The standard InChI is InChI=1S/C17H23N3O2S/c1-14(16-6-4-5-15(11-16)12-18)19-10-7-17(13-19)23(21,22)20-8-2-3-9-20/h4-6,11,14,17H,2-3,7-10,13H2,1H3/t14-,17+/m0/s1. The summed E-state index contributed by atoms with van der Waals surface area (Å²) < 4.78 is 27.1. The molecule has 6 heteroatoms. The molecule has 124 valence electrons. The van der Waals surface area contributed by atoms with Crippen LogP contribution in [0.25, 0.3) is 0 Å². The average Bonchev–Trinajstić information content (AvgIpc) is 3.26. The molecule has 2 aliphatic rings. The Bertz CT molecular complexity index is 705. The average molecular weight is 333 g/mol. The fourth-order valence-corrected chi connectivity index (χ4v) is 5.55. The van der Waals surface area contributed by atoms with Gasteiger partial charge in [-0.1, -0.05) is 12.1 Å². The third kappa shape index (κ3) is 3.27. The van der Waals surface area contributed by atoms with E-state index in [9.17, 15) is 8.42 Å². The third-order valence-electron chi connectivity index (χ3n) is 5.07. The Morgan fingerprint density at radius 2 is 2.00 bits per heavy atom. The maximum Gasteiger partial charge on any atom is 0.218 e. The fraction of sp³-hybridized carbons (Fsp3) is 0.588. The predicted octanol–water partition coefficient (Wildman–Crippen LogP) is 2.12. The Labute approximate surface area is 138 Å². The first-order valence-corrected chi connectivity index (χ1v) is 9.76. The number of nitriles is 1. The second-order valence-electron chi connectivity index (χ2n) is 6.47. The molecule has 2 heterocycles. The van der Waals surface area contributed by atoms with E-state index >= 15 is 0 Å². The fourth-order valence-electron chi connectivity index (χ4n) is 3.58. The second-order valence-corrected chi connectivity index (χ2v) is 8.68. The van der Waals surface area contributed by atoms with Crippen molar-refractivity contribution in [2.75, 3.05) is 26.2 Å². The van der Waals surface area contributed by atoms with Gasteiger partial charge < -0.3 is 0 Å². The van der Waals surface area contributed by atoms with Gasteiger partial charge >= 0.3 is 0 Å². The molecule has 2 atom stereocenters. The van der Waals surface area contributed by atoms with Gasteiger partial charge in [-0.2, -0.15) is 5.26 Å². The molecule has 0 amide bonds. The normalized spacial score (nSPS) is 24.6. The van der Waals surface area contributed by atoms with E-state index in [0.717, 1.165) is 24.9 Å². The number of rotatable bonds is 4. The number of hydrogen-bond acceptors (Lipinski definition) is 4. The number of benzene rings is 1. The van der Waals surface area contributed by atoms with Gasteiger partial charge in [-0.05, 0) is 43.9 Å². The highest BCUT2D eigenvalue weighted by Crippen LogP contribution is 2.30. The number of nitrogens with zero attached hydrogens (tertiary/aromatic N) is 3. The van der Waals surface area contributed by atoms with Crippen molar-refractivity contribution in [1.29, 1.82) is 5.26 Å². The van der Waals surface area contributed by atoms with Crippen molar-refractivity contribution in [3.05, 3.63) is 35.4 Å². The van der Waals surface area contributed by atoms with Gasteiger partial charge in [0.25, 0.3) is 0 Å². The monoisotopic (exact) mass is 333 g/mol. The summed E-state index contributed by atoms with van der Waals surface area (Å²) in [6.45, 7) is 4.81. The van der Waals surface area contributed by atoms with Crippen molar-refractivity contribution < 1.29 is 8.42 Å². The summed E-state index contributed by atoms with van der Waals surface area (Å²) in [6, 6.07) is 9.87. The van der Waals surface area contributed by atoms with E-state index in [0.29, 0.717) is 31.6 Å². The first kappa shape index (κ1) is 16.4. The van der Waals surface area contributed by atoms with Gasteiger partial charge in [-0.25, -0.2) is 12.7 Å². The molecule has 0 spiro atoms. The molecule has 3 rings (SSSR count). The van der Waals surface area contributed by atoms with Crippen LogP contribution in [0.1, 0.15) is 43.4 Å². The van der Waals surface area contributed by atoms with Gasteiger partial charge in [0.2, 0.25) is 10.0 Å². The van der Waals surface area contributed by atoms with Crippen LogP contribution in [0.3, 0.4) is 0 Å². The maximum absolute atomic E-state index is 12.7. The zero-order chi connectivity index (χ0) is 16.4. The van der Waals surface area contributed by atoms with Crippen LogP contribution in [0.15, 0.2) is 24.3 Å². The van der Waals surface area contributed by atoms with Crippen molar-refractivity contribution in [3.8, 4) is 6.07 Å². The van der Waals surface area contributed by atoms with E-state index in [2.05, 4.69) is 17.9 Å². The van der Waals surface area contributed by atoms with E-state index in [1.807, 2.05) is 18.2 Å². The highest BCUT2D eigenvalue weighted by molar-refractivity contribution is 7.89. The first-order valence-electron chi connectivity index (χ1n) is 8.25. The van der Waals surface area contributed by atoms with E-state index in [-0.39, 0.29) is 11.3 Å². The first-order chi connectivity index (χ1) is 11.0. The Hall–Kier alpha value is -1.42. The van der Waals surface area contributed by atoms with Gasteiger partial charge in [-0.15, -0.1) is 0 Å². The summed E-state index contributed by atoms with van der Waals surface area (Å²) in [5.74, 6) is 0. The van der Waals surface area contributed by atoms with Crippen molar-refractivity contribution >= 4 is 10.0 Å². The van der Waals surface area contributed by atoms with Crippen LogP contribution in [-0.2, 0) is 10.0 Å². The highest BCUT2D eigenvalue weighted by atomic mass is 32.2. The number of likely N-dealkylation sites (tertiary alicyclic amines) is 1. The molecule has 5 nitrogen and oxygen atoms in total. The van der Waals surface area contributed by atoms with Crippen LogP contribution >= 0.6 is 0 Å². The summed E-state index contributed by atoms with van der Waals surface area (Å²) in [4.78, 5) is 2.22. The van der Waals surface area contributed by atoms with Gasteiger partial charge in [0.15, 0.2) is 0 Å². The Kier molecular flexibility index (Phi) is 4.72. The molecule has 1 aromatic rings. The second kappa shape index (κ2) is 6.60. The number of hydrogen-bond donors (Lipinski definition) is 0. The minimum atomic E-state index is -3.16. The molecule has 2 saturated heterocycles. The SMILES string of the molecule is C[C@@H](c1cccc(C#N)c1)N1CC[C@@H](S(=O)(=O)N2CCCC2)C1. The molecule has 2 fully saturated rings. The van der Waals surface area contributed by atoms with Crippen LogP contribution in [-0.4, -0.2) is 49.1 Å². The van der Waals surface area contributed by atoms with Crippen LogP contribution in [0.5, 0.6) is 0 Å². The molecule has 0 aliphatic carbocycles. The summed E-state index contributed by atoms with van der Waals surface area (Å²) in [6.07, 6.45) is 2.65. The van der Waals surface area contributed by atoms with Crippen LogP contribution < -0.4 is 0 Å². The Balaban J connectivity index is 1.70. The predicted molar refractivity (Wildman–Crippen MR) is 89.3 cm³/mol. The molecular formula is C17H23N3O2S. The molecule has 0 radical (unpaired) electrons. The van der Waals surface area contributed by atoms with E-state index in [4.69, 9.17) is 5.26 Å². The minimum Gasteiger partial charge on any atom is -0.295 e. The topological polar surface area (TPSA) is 64.4 Å². The molecule has 0 bridgehead atoms. The smallest absolute Gasteiger partial charge is 0.218 e. The maximum atomic E-state index is 12.7. The minimum absolute atomic E-state index is 0.127. The van der Waals surface area contributed by atoms with Crippen molar-refractivity contribution in [3.63, 3.8) is 0 Å². The molecule has 1 aromatic carbocycles. The van der Waals surface area contributed by atoms with Gasteiger partial charge in [0.1, 0.15) is 0 Å². The van der Waals surface area contributed by atoms with Crippen LogP contribution in [0, 0.1) is 11.3 Å². The molecular weight excluding hydrogens is 310 g/mol. The highest BCUT2D eigenvalue weighted by Gasteiger charge is 2.39. The zero-order valence-corrected chi connectivity index (χ0v) is 14.3. The molecule has 2 aliphatic heterocycles. The lowest BCUT2D eigenvalue weighted by atomic mass is 10.0. The molecule has 0 N–H and O–H groups in total. The van der Waals surface area contributed by atoms with E-state index in [1.165, 1.54) is 0 Å². The van der Waals surface area contributed by atoms with Crippen LogP contribution in [0.4, 0.5) is 0 Å². The van der Waals surface area contributed by atoms with Crippen molar-refractivity contribution in [2.24, 2.45) is 0 Å². The largest absolute Gasteiger partial charge is 0.295 e. The van der Waals surface area contributed by atoms with Gasteiger partial charge in [0.05, 0.1) is 16.9 Å². The quantitative estimate of drug-likeness (QED) is 0.846. The summed E-state index contributed by atoms with van der Waals surface area (Å²) in [5, 5.41) is 8.74. The van der Waals surface area contributed by atoms with Crippen molar-refractivity contribution in [1.82, 2.24) is 9.21 Å². The number of sulfonamides is 1. The summed E-state index contributed by atoms with van der Waals surface area (Å²) in [5.41, 5.74) is 1.72. The lowest BCUT2D eigenvalue weighted by Gasteiger charge is -2.26. The molecule has 23 heavy (non-hydrogen) atoms. The summed E-state index contributed by atoms with van der Waals surface area (Å²) >= 11 is 0. The Morgan fingerprint density at radius 3 is 2.70 bits per heavy atom.